The molecule has 2 heterocycles. The Morgan fingerprint density at radius 1 is 1.00 bits per heavy atom. The maximum atomic E-state index is 13.3. The molecule has 0 saturated carbocycles. The van der Waals surface area contributed by atoms with E-state index in [2.05, 4.69) is 15.1 Å². The van der Waals surface area contributed by atoms with Crippen molar-refractivity contribution in [1.29, 1.82) is 0 Å². The van der Waals surface area contributed by atoms with Crippen molar-refractivity contribution < 1.29 is 26.3 Å². The maximum absolute atomic E-state index is 13.3. The van der Waals surface area contributed by atoms with Crippen LogP contribution in [0.2, 0.25) is 10.0 Å². The smallest absolute Gasteiger partial charge is 0.383 e. The van der Waals surface area contributed by atoms with Crippen molar-refractivity contribution in [3.8, 4) is 5.69 Å². The molecule has 0 unspecified atom stereocenters. The number of rotatable bonds is 1. The second-order valence-electron chi connectivity index (χ2n) is 5.41. The number of hydrogen-bond acceptors (Lipinski definition) is 4. The van der Waals surface area contributed by atoms with Crippen molar-refractivity contribution in [2.45, 2.75) is 19.3 Å². The summed E-state index contributed by atoms with van der Waals surface area (Å²) in [4.78, 5) is 5.69. The second-order valence-corrected chi connectivity index (χ2v) is 6.20. The van der Waals surface area contributed by atoms with Gasteiger partial charge in [-0.3, -0.25) is 0 Å². The van der Waals surface area contributed by atoms with Crippen molar-refractivity contribution in [1.82, 2.24) is 19.7 Å². The monoisotopic (exact) mass is 429 g/mol. The van der Waals surface area contributed by atoms with Crippen LogP contribution >= 0.6 is 23.2 Å². The van der Waals surface area contributed by atoms with Crippen LogP contribution in [-0.2, 0) is 12.4 Å². The van der Waals surface area contributed by atoms with Crippen LogP contribution in [-0.4, -0.2) is 19.7 Å². The molecule has 2 aromatic heterocycles. The minimum absolute atomic E-state index is 0.0135. The van der Waals surface area contributed by atoms with Gasteiger partial charge in [0, 0.05) is 0 Å². The van der Waals surface area contributed by atoms with Gasteiger partial charge in [-0.1, -0.05) is 29.3 Å². The third-order valence-corrected chi connectivity index (χ3v) is 4.34. The van der Waals surface area contributed by atoms with Gasteiger partial charge < -0.3 is 5.73 Å². The lowest BCUT2D eigenvalue weighted by Gasteiger charge is -2.11. The van der Waals surface area contributed by atoms with Gasteiger partial charge >= 0.3 is 12.4 Å². The molecule has 0 aliphatic carbocycles. The molecule has 0 spiro atoms. The molecular formula is C14H7Cl2F6N5. The van der Waals surface area contributed by atoms with Crippen LogP contribution in [0.25, 0.3) is 16.7 Å². The third-order valence-electron chi connectivity index (χ3n) is 3.56. The van der Waals surface area contributed by atoms with Gasteiger partial charge in [-0.05, 0) is 18.6 Å². The summed E-state index contributed by atoms with van der Waals surface area (Å²) in [5.41, 5.74) is 3.39. The third kappa shape index (κ3) is 3.25. The Labute approximate surface area is 156 Å². The number of aromatic nitrogens is 4. The maximum Gasteiger partial charge on any atom is 0.451 e. The fraction of sp³-hybridized carbons (Fsp3) is 0.214. The lowest BCUT2D eigenvalue weighted by molar-refractivity contribution is -0.151. The lowest BCUT2D eigenvalue weighted by atomic mass is 10.2. The van der Waals surface area contributed by atoms with Gasteiger partial charge in [-0.25, -0.2) is 14.6 Å². The molecular weight excluding hydrogens is 423 g/mol. The van der Waals surface area contributed by atoms with Crippen molar-refractivity contribution in [2.75, 3.05) is 5.73 Å². The van der Waals surface area contributed by atoms with Crippen LogP contribution in [0, 0.1) is 6.92 Å². The van der Waals surface area contributed by atoms with E-state index in [-0.39, 0.29) is 15.7 Å². The SMILES string of the molecule is Cc1ccc(Cl)c(-n2nc3nc(C(F)(F)F)nc(C(F)(F)F)c3c2N)c1Cl. The van der Waals surface area contributed by atoms with Gasteiger partial charge in [-0.2, -0.15) is 26.3 Å². The van der Waals surface area contributed by atoms with E-state index in [1.54, 1.807) is 6.92 Å². The van der Waals surface area contributed by atoms with Gasteiger partial charge in [0.05, 0.1) is 15.4 Å². The number of halogens is 8. The van der Waals surface area contributed by atoms with Crippen LogP contribution in [0.15, 0.2) is 12.1 Å². The summed E-state index contributed by atoms with van der Waals surface area (Å²) in [7, 11) is 0. The molecule has 5 nitrogen and oxygen atoms in total. The standard InChI is InChI=1S/C14H7Cl2F6N5/c1-4-2-3-5(15)8(7(4)16)27-10(23)6-9(13(17,18)19)24-12(14(20,21)22)25-11(6)26-27/h2-3H,23H2,1H3. The minimum atomic E-state index is -5.23. The molecule has 0 saturated heterocycles. The zero-order chi connectivity index (χ0) is 20.3. The fourth-order valence-electron chi connectivity index (χ4n) is 2.35. The van der Waals surface area contributed by atoms with Crippen LogP contribution in [0.3, 0.4) is 0 Å². The summed E-state index contributed by atoms with van der Waals surface area (Å²) < 4.78 is 79.3. The molecule has 0 bridgehead atoms. The Balaban J connectivity index is 2.44. The number of nitrogens with two attached hydrogens (primary N) is 1. The number of aryl methyl sites for hydroxylation is 1. The van der Waals surface area contributed by atoms with E-state index in [9.17, 15) is 26.3 Å². The molecule has 0 atom stereocenters. The lowest BCUT2D eigenvalue weighted by Crippen LogP contribution is -2.17. The first-order chi connectivity index (χ1) is 12.3. The summed E-state index contributed by atoms with van der Waals surface area (Å²) >= 11 is 12.2. The molecule has 0 radical (unpaired) electrons. The molecule has 13 heteroatoms. The molecule has 3 aromatic rings. The largest absolute Gasteiger partial charge is 0.451 e. The van der Waals surface area contributed by atoms with Crippen LogP contribution < -0.4 is 5.73 Å². The topological polar surface area (TPSA) is 69.6 Å². The second kappa shape index (κ2) is 6.13. The van der Waals surface area contributed by atoms with Gasteiger partial charge in [-0.15, -0.1) is 5.10 Å². The van der Waals surface area contributed by atoms with E-state index in [0.29, 0.717) is 10.2 Å². The summed E-state index contributed by atoms with van der Waals surface area (Å²) in [6.45, 7) is 1.59. The molecule has 0 amide bonds. The van der Waals surface area contributed by atoms with E-state index in [1.807, 2.05) is 0 Å². The van der Waals surface area contributed by atoms with Crippen LogP contribution in [0.5, 0.6) is 0 Å². The van der Waals surface area contributed by atoms with Gasteiger partial charge in [0.25, 0.3) is 0 Å². The van der Waals surface area contributed by atoms with Gasteiger partial charge in [0.1, 0.15) is 11.5 Å². The van der Waals surface area contributed by atoms with E-state index >= 15 is 0 Å². The Morgan fingerprint density at radius 3 is 2.19 bits per heavy atom. The normalized spacial score (nSPS) is 12.8. The number of nitrogen functional groups attached to an aromatic ring is 1. The number of fused-ring (bicyclic) bond motifs is 1. The van der Waals surface area contributed by atoms with E-state index in [0.717, 1.165) is 0 Å². The Morgan fingerprint density at radius 2 is 1.63 bits per heavy atom. The average Bonchev–Trinajstić information content (AvgIpc) is 2.86. The summed E-state index contributed by atoms with van der Waals surface area (Å²) in [5, 5.41) is 2.77. The first kappa shape index (κ1) is 19.5. The quantitative estimate of drug-likeness (QED) is 0.549. The van der Waals surface area contributed by atoms with Crippen molar-refractivity contribution in [3.05, 3.63) is 39.3 Å². The molecule has 0 aliphatic heterocycles. The minimum Gasteiger partial charge on any atom is -0.383 e. The summed E-state index contributed by atoms with van der Waals surface area (Å²) in [5.74, 6) is -2.64. The fourth-order valence-corrected chi connectivity index (χ4v) is 2.88. The average molecular weight is 430 g/mol. The first-order valence-electron chi connectivity index (χ1n) is 6.98. The Kier molecular flexibility index (Phi) is 4.42. The molecule has 1 aromatic carbocycles. The molecule has 2 N–H and O–H groups in total. The molecule has 27 heavy (non-hydrogen) atoms. The van der Waals surface area contributed by atoms with Gasteiger partial charge in [0.15, 0.2) is 11.3 Å². The van der Waals surface area contributed by atoms with E-state index in [4.69, 9.17) is 28.9 Å². The predicted molar refractivity (Wildman–Crippen MR) is 85.8 cm³/mol. The van der Waals surface area contributed by atoms with Crippen molar-refractivity contribution in [2.24, 2.45) is 0 Å². The predicted octanol–water partition coefficient (Wildman–Crippen LogP) is 5.05. The molecule has 3 rings (SSSR count). The number of nitrogens with zero attached hydrogens (tertiary/aromatic N) is 4. The highest BCUT2D eigenvalue weighted by atomic mass is 35.5. The van der Waals surface area contributed by atoms with Crippen molar-refractivity contribution >= 4 is 40.1 Å². The van der Waals surface area contributed by atoms with Crippen LogP contribution in [0.1, 0.15) is 17.1 Å². The zero-order valence-corrected chi connectivity index (χ0v) is 14.6. The van der Waals surface area contributed by atoms with Gasteiger partial charge in [0.2, 0.25) is 5.82 Å². The van der Waals surface area contributed by atoms with E-state index < -0.39 is 40.7 Å². The number of benzene rings is 1. The zero-order valence-electron chi connectivity index (χ0n) is 13.0. The first-order valence-corrected chi connectivity index (χ1v) is 7.73. The highest BCUT2D eigenvalue weighted by Crippen LogP contribution is 2.40. The Hall–Kier alpha value is -2.27. The highest BCUT2D eigenvalue weighted by Gasteiger charge is 2.43. The number of alkyl halides is 6. The number of hydrogen-bond donors (Lipinski definition) is 1. The van der Waals surface area contributed by atoms with E-state index in [1.165, 1.54) is 12.1 Å². The summed E-state index contributed by atoms with van der Waals surface area (Å²) in [6, 6.07) is 2.93. The molecule has 0 aliphatic rings. The Bertz CT molecular complexity index is 1060. The number of anilines is 1. The molecule has 0 fully saturated rings. The summed E-state index contributed by atoms with van der Waals surface area (Å²) in [6.07, 6.45) is -10.4. The molecule has 144 valence electrons. The van der Waals surface area contributed by atoms with Crippen LogP contribution in [0.4, 0.5) is 32.2 Å². The highest BCUT2D eigenvalue weighted by molar-refractivity contribution is 6.38. The van der Waals surface area contributed by atoms with Crippen molar-refractivity contribution in [3.63, 3.8) is 0 Å².